The van der Waals surface area contributed by atoms with E-state index in [-0.39, 0.29) is 5.91 Å². The zero-order valence-electron chi connectivity index (χ0n) is 20.4. The second-order valence-corrected chi connectivity index (χ2v) is 7.45. The highest BCUT2D eigenvalue weighted by Gasteiger charge is 2.19. The van der Waals surface area contributed by atoms with E-state index < -0.39 is 0 Å². The molecule has 1 amide bonds. The number of carbonyl (C=O) groups is 1. The fraction of sp³-hybridized carbons (Fsp3) is 0.346. The number of rotatable bonds is 11. The van der Waals surface area contributed by atoms with Crippen molar-refractivity contribution in [1.29, 1.82) is 0 Å². The fourth-order valence-electron chi connectivity index (χ4n) is 3.46. The monoisotopic (exact) mass is 464 g/mol. The van der Waals surface area contributed by atoms with Gasteiger partial charge in [-0.3, -0.25) is 4.79 Å². The number of carbonyl (C=O) groups excluding carboxylic acids is 1. The number of anilines is 3. The lowest BCUT2D eigenvalue weighted by atomic mass is 10.1. The van der Waals surface area contributed by atoms with Crippen LogP contribution in [0.2, 0.25) is 0 Å². The van der Waals surface area contributed by atoms with Crippen LogP contribution in [0.5, 0.6) is 17.2 Å². The van der Waals surface area contributed by atoms with Gasteiger partial charge in [-0.15, -0.1) is 0 Å². The quantitative estimate of drug-likeness (QED) is 0.385. The smallest absolute Gasteiger partial charge is 0.255 e. The Bertz CT molecular complexity index is 1110. The predicted molar refractivity (Wildman–Crippen MR) is 134 cm³/mol. The number of amides is 1. The molecule has 0 atom stereocenters. The van der Waals surface area contributed by atoms with Gasteiger partial charge < -0.3 is 24.8 Å². The molecule has 0 saturated carbocycles. The van der Waals surface area contributed by atoms with Crippen molar-refractivity contribution in [2.75, 3.05) is 30.5 Å². The Balaban J connectivity index is 1.91. The van der Waals surface area contributed by atoms with Crippen LogP contribution in [0.15, 0.2) is 42.7 Å². The molecule has 8 heteroatoms. The lowest BCUT2D eigenvalue weighted by molar-refractivity contribution is 0.102. The number of aryl methyl sites for hydroxylation is 2. The first kappa shape index (κ1) is 24.8. The molecule has 0 bridgehead atoms. The van der Waals surface area contributed by atoms with Gasteiger partial charge in [0.15, 0.2) is 11.5 Å². The van der Waals surface area contributed by atoms with Crippen LogP contribution in [0.4, 0.5) is 17.2 Å². The Morgan fingerprint density at radius 1 is 0.882 bits per heavy atom. The number of ether oxygens (including phenoxy) is 3. The summed E-state index contributed by atoms with van der Waals surface area (Å²) in [5.41, 5.74) is 3.82. The van der Waals surface area contributed by atoms with Crippen molar-refractivity contribution in [3.05, 3.63) is 59.5 Å². The van der Waals surface area contributed by atoms with Gasteiger partial charge in [-0.25, -0.2) is 9.97 Å². The number of hydrogen-bond acceptors (Lipinski definition) is 7. The highest BCUT2D eigenvalue weighted by Crippen LogP contribution is 2.39. The predicted octanol–water partition coefficient (Wildman–Crippen LogP) is 5.54. The average Bonchev–Trinajstić information content (AvgIpc) is 2.81. The molecule has 2 N–H and O–H groups in total. The van der Waals surface area contributed by atoms with Crippen LogP contribution in [0.3, 0.4) is 0 Å². The van der Waals surface area contributed by atoms with E-state index in [1.165, 1.54) is 6.33 Å². The summed E-state index contributed by atoms with van der Waals surface area (Å²) in [6.07, 6.45) is 2.28. The molecule has 3 aromatic rings. The van der Waals surface area contributed by atoms with Crippen LogP contribution in [-0.2, 0) is 6.42 Å². The van der Waals surface area contributed by atoms with Crippen molar-refractivity contribution < 1.29 is 19.0 Å². The molecule has 0 spiro atoms. The summed E-state index contributed by atoms with van der Waals surface area (Å²) in [6.45, 7) is 10.9. The number of nitrogens with one attached hydrogen (secondary N) is 2. The van der Waals surface area contributed by atoms with Crippen LogP contribution >= 0.6 is 0 Å². The SMILES string of the molecule is CCOc1cc(C(=O)Nc2cc(Nc3cc(C)ncn3)ccc2CC)cc(OCC)c1OCC. The Hall–Kier alpha value is -3.81. The maximum absolute atomic E-state index is 13.3. The van der Waals surface area contributed by atoms with Crippen molar-refractivity contribution in [2.24, 2.45) is 0 Å². The summed E-state index contributed by atoms with van der Waals surface area (Å²) in [4.78, 5) is 21.6. The first-order valence-corrected chi connectivity index (χ1v) is 11.5. The standard InChI is InChI=1S/C26H32N4O4/c1-6-18-10-11-20(29-24-12-17(5)27-16-28-24)15-21(18)30-26(31)19-13-22(32-7-2)25(34-9-4)23(14-19)33-8-3/h10-16H,6-9H2,1-5H3,(H,30,31)(H,27,28,29). The summed E-state index contributed by atoms with van der Waals surface area (Å²) >= 11 is 0. The molecular weight excluding hydrogens is 432 g/mol. The van der Waals surface area contributed by atoms with Crippen molar-refractivity contribution in [3.63, 3.8) is 0 Å². The molecule has 3 rings (SSSR count). The first-order chi connectivity index (χ1) is 16.5. The third-order valence-electron chi connectivity index (χ3n) is 4.99. The maximum atomic E-state index is 13.3. The van der Waals surface area contributed by atoms with E-state index in [4.69, 9.17) is 14.2 Å². The van der Waals surface area contributed by atoms with Gasteiger partial charge in [0.05, 0.1) is 19.8 Å². The van der Waals surface area contributed by atoms with Crippen LogP contribution in [0, 0.1) is 6.92 Å². The molecule has 0 saturated heterocycles. The zero-order valence-corrected chi connectivity index (χ0v) is 20.4. The Morgan fingerprint density at radius 2 is 1.56 bits per heavy atom. The molecule has 0 fully saturated rings. The maximum Gasteiger partial charge on any atom is 0.255 e. The van der Waals surface area contributed by atoms with E-state index in [1.54, 1.807) is 12.1 Å². The highest BCUT2D eigenvalue weighted by molar-refractivity contribution is 6.05. The van der Waals surface area contributed by atoms with Gasteiger partial charge >= 0.3 is 0 Å². The van der Waals surface area contributed by atoms with Crippen LogP contribution in [0.25, 0.3) is 0 Å². The molecule has 1 aromatic heterocycles. The lowest BCUT2D eigenvalue weighted by Gasteiger charge is -2.18. The van der Waals surface area contributed by atoms with E-state index in [0.29, 0.717) is 54.1 Å². The topological polar surface area (TPSA) is 94.6 Å². The van der Waals surface area contributed by atoms with Gasteiger partial charge in [-0.05, 0) is 63.9 Å². The van der Waals surface area contributed by atoms with Gasteiger partial charge in [0, 0.05) is 28.7 Å². The molecule has 34 heavy (non-hydrogen) atoms. The van der Waals surface area contributed by atoms with Crippen LogP contribution in [-0.4, -0.2) is 35.7 Å². The second kappa shape index (κ2) is 11.9. The van der Waals surface area contributed by atoms with Gasteiger partial charge in [-0.1, -0.05) is 13.0 Å². The zero-order chi connectivity index (χ0) is 24.5. The summed E-state index contributed by atoms with van der Waals surface area (Å²) in [5.74, 6) is 1.87. The highest BCUT2D eigenvalue weighted by atomic mass is 16.5. The lowest BCUT2D eigenvalue weighted by Crippen LogP contribution is -2.14. The van der Waals surface area contributed by atoms with E-state index in [0.717, 1.165) is 23.4 Å². The van der Waals surface area contributed by atoms with Gasteiger partial charge in [0.25, 0.3) is 5.91 Å². The molecule has 0 aliphatic carbocycles. The second-order valence-electron chi connectivity index (χ2n) is 7.45. The molecule has 8 nitrogen and oxygen atoms in total. The van der Waals surface area contributed by atoms with E-state index in [2.05, 4.69) is 20.6 Å². The van der Waals surface area contributed by atoms with Crippen LogP contribution < -0.4 is 24.8 Å². The average molecular weight is 465 g/mol. The molecule has 180 valence electrons. The normalized spacial score (nSPS) is 10.5. The third-order valence-corrected chi connectivity index (χ3v) is 4.99. The molecule has 2 aromatic carbocycles. The van der Waals surface area contributed by atoms with Gasteiger partial charge in [0.2, 0.25) is 5.75 Å². The first-order valence-electron chi connectivity index (χ1n) is 11.5. The molecule has 1 heterocycles. The summed E-state index contributed by atoms with van der Waals surface area (Å²) in [7, 11) is 0. The number of nitrogens with zero attached hydrogens (tertiary/aromatic N) is 2. The molecule has 0 aliphatic rings. The summed E-state index contributed by atoms with van der Waals surface area (Å²) < 4.78 is 17.2. The fourth-order valence-corrected chi connectivity index (χ4v) is 3.46. The number of benzene rings is 2. The summed E-state index contributed by atoms with van der Waals surface area (Å²) in [5, 5.41) is 6.31. The largest absolute Gasteiger partial charge is 0.490 e. The van der Waals surface area contributed by atoms with Crippen molar-refractivity contribution >= 4 is 23.1 Å². The third kappa shape index (κ3) is 6.15. The minimum Gasteiger partial charge on any atom is -0.490 e. The van der Waals surface area contributed by atoms with E-state index >= 15 is 0 Å². The minimum absolute atomic E-state index is 0.269. The van der Waals surface area contributed by atoms with Crippen LogP contribution in [0.1, 0.15) is 49.3 Å². The van der Waals surface area contributed by atoms with Gasteiger partial charge in [-0.2, -0.15) is 0 Å². The van der Waals surface area contributed by atoms with E-state index in [9.17, 15) is 4.79 Å². The minimum atomic E-state index is -0.269. The van der Waals surface area contributed by atoms with Crippen molar-refractivity contribution in [3.8, 4) is 17.2 Å². The van der Waals surface area contributed by atoms with Crippen molar-refractivity contribution in [1.82, 2.24) is 9.97 Å². The molecule has 0 aliphatic heterocycles. The van der Waals surface area contributed by atoms with Crippen molar-refractivity contribution in [2.45, 2.75) is 41.0 Å². The molecule has 0 radical (unpaired) electrons. The van der Waals surface area contributed by atoms with E-state index in [1.807, 2.05) is 58.9 Å². The molecular formula is C26H32N4O4. The Morgan fingerprint density at radius 3 is 2.15 bits per heavy atom. The number of hydrogen-bond donors (Lipinski definition) is 2. The van der Waals surface area contributed by atoms with Gasteiger partial charge in [0.1, 0.15) is 12.1 Å². The summed E-state index contributed by atoms with van der Waals surface area (Å²) in [6, 6.07) is 11.1. The molecule has 0 unspecified atom stereocenters. The Labute approximate surface area is 200 Å². The number of aromatic nitrogens is 2. The Kier molecular flexibility index (Phi) is 8.67.